The summed E-state index contributed by atoms with van der Waals surface area (Å²) < 4.78 is 0. The SMILES string of the molecule is CCCCN(CCCC(CC)(NC)C(=O)O)C1CC1. The van der Waals surface area contributed by atoms with Crippen LogP contribution in [0.15, 0.2) is 0 Å². The number of hydrogen-bond donors (Lipinski definition) is 2. The zero-order valence-corrected chi connectivity index (χ0v) is 12.7. The van der Waals surface area contributed by atoms with Crippen molar-refractivity contribution in [2.45, 2.75) is 70.4 Å². The first kappa shape index (κ1) is 16.4. The van der Waals surface area contributed by atoms with Gasteiger partial charge in [0.1, 0.15) is 5.54 Å². The Bertz CT molecular complexity index is 273. The van der Waals surface area contributed by atoms with E-state index in [4.69, 9.17) is 0 Å². The van der Waals surface area contributed by atoms with Gasteiger partial charge in [0, 0.05) is 6.04 Å². The normalized spacial score (nSPS) is 18.5. The minimum atomic E-state index is -0.736. The third-order valence-electron chi connectivity index (χ3n) is 4.40. The number of carboxylic acid groups (broad SMARTS) is 1. The molecule has 0 aromatic heterocycles. The van der Waals surface area contributed by atoms with Gasteiger partial charge in [-0.05, 0) is 58.7 Å². The monoisotopic (exact) mass is 270 g/mol. The maximum Gasteiger partial charge on any atom is 0.323 e. The molecular weight excluding hydrogens is 240 g/mol. The van der Waals surface area contributed by atoms with Gasteiger partial charge in [-0.1, -0.05) is 20.3 Å². The third-order valence-corrected chi connectivity index (χ3v) is 4.40. The summed E-state index contributed by atoms with van der Waals surface area (Å²) in [5.41, 5.74) is -0.736. The van der Waals surface area contributed by atoms with Crippen LogP contribution >= 0.6 is 0 Å². The number of nitrogens with zero attached hydrogens (tertiary/aromatic N) is 1. The largest absolute Gasteiger partial charge is 0.480 e. The van der Waals surface area contributed by atoms with Crippen LogP contribution < -0.4 is 5.32 Å². The maximum atomic E-state index is 11.4. The van der Waals surface area contributed by atoms with Crippen molar-refractivity contribution in [2.75, 3.05) is 20.1 Å². The lowest BCUT2D eigenvalue weighted by Crippen LogP contribution is -2.50. The van der Waals surface area contributed by atoms with Gasteiger partial charge in [-0.3, -0.25) is 4.79 Å². The first-order chi connectivity index (χ1) is 9.09. The highest BCUT2D eigenvalue weighted by atomic mass is 16.4. The molecule has 0 aliphatic heterocycles. The number of rotatable bonds is 11. The summed E-state index contributed by atoms with van der Waals surface area (Å²) in [7, 11) is 1.76. The molecule has 4 nitrogen and oxygen atoms in total. The number of carboxylic acids is 1. The second-order valence-corrected chi connectivity index (χ2v) is 5.72. The average Bonchev–Trinajstić information content (AvgIpc) is 3.22. The van der Waals surface area contributed by atoms with Gasteiger partial charge in [0.15, 0.2) is 0 Å². The highest BCUT2D eigenvalue weighted by Crippen LogP contribution is 2.28. The first-order valence-electron chi connectivity index (χ1n) is 7.76. The summed E-state index contributed by atoms with van der Waals surface area (Å²) in [6.45, 7) is 6.38. The molecule has 1 aliphatic rings. The van der Waals surface area contributed by atoms with Gasteiger partial charge in [-0.2, -0.15) is 0 Å². The molecule has 4 heteroatoms. The molecule has 19 heavy (non-hydrogen) atoms. The second-order valence-electron chi connectivity index (χ2n) is 5.72. The zero-order chi connectivity index (χ0) is 14.3. The summed E-state index contributed by atoms with van der Waals surface area (Å²) in [6.07, 6.45) is 7.44. The van der Waals surface area contributed by atoms with Crippen molar-refractivity contribution in [1.82, 2.24) is 10.2 Å². The Morgan fingerprint density at radius 2 is 1.95 bits per heavy atom. The Hall–Kier alpha value is -0.610. The van der Waals surface area contributed by atoms with Gasteiger partial charge in [-0.15, -0.1) is 0 Å². The molecule has 1 unspecified atom stereocenters. The minimum Gasteiger partial charge on any atom is -0.480 e. The smallest absolute Gasteiger partial charge is 0.323 e. The highest BCUT2D eigenvalue weighted by Gasteiger charge is 2.35. The van der Waals surface area contributed by atoms with E-state index in [9.17, 15) is 9.90 Å². The quantitative estimate of drug-likeness (QED) is 0.605. The van der Waals surface area contributed by atoms with Crippen molar-refractivity contribution in [1.29, 1.82) is 0 Å². The fourth-order valence-electron chi connectivity index (χ4n) is 2.71. The molecule has 1 rings (SSSR count). The Morgan fingerprint density at radius 1 is 1.32 bits per heavy atom. The predicted molar refractivity (Wildman–Crippen MR) is 78.5 cm³/mol. The van der Waals surface area contributed by atoms with Gasteiger partial charge in [0.05, 0.1) is 0 Å². The zero-order valence-electron chi connectivity index (χ0n) is 12.7. The summed E-state index contributed by atoms with van der Waals surface area (Å²) >= 11 is 0. The fourth-order valence-corrected chi connectivity index (χ4v) is 2.71. The van der Waals surface area contributed by atoms with Gasteiger partial charge in [0.25, 0.3) is 0 Å². The predicted octanol–water partition coefficient (Wildman–Crippen LogP) is 2.48. The van der Waals surface area contributed by atoms with Gasteiger partial charge < -0.3 is 15.3 Å². The molecule has 0 aromatic rings. The summed E-state index contributed by atoms with van der Waals surface area (Å²) in [6, 6.07) is 0.780. The molecule has 0 bridgehead atoms. The number of carbonyl (C=O) groups is 1. The molecule has 0 heterocycles. The van der Waals surface area contributed by atoms with Crippen LogP contribution in [0.1, 0.15) is 58.8 Å². The molecular formula is C15H30N2O2. The van der Waals surface area contributed by atoms with Crippen LogP contribution in [0.2, 0.25) is 0 Å². The molecule has 0 saturated heterocycles. The second kappa shape index (κ2) is 7.85. The number of hydrogen-bond acceptors (Lipinski definition) is 3. The van der Waals surface area contributed by atoms with E-state index in [0.717, 1.165) is 19.0 Å². The van der Waals surface area contributed by atoms with E-state index in [-0.39, 0.29) is 0 Å². The number of likely N-dealkylation sites (N-methyl/N-ethyl adjacent to an activating group) is 1. The van der Waals surface area contributed by atoms with E-state index in [2.05, 4.69) is 17.1 Å². The van der Waals surface area contributed by atoms with E-state index < -0.39 is 11.5 Å². The lowest BCUT2D eigenvalue weighted by Gasteiger charge is -2.29. The summed E-state index contributed by atoms with van der Waals surface area (Å²) in [5, 5.41) is 12.4. The van der Waals surface area contributed by atoms with Crippen LogP contribution in [0.25, 0.3) is 0 Å². The lowest BCUT2D eigenvalue weighted by atomic mass is 9.90. The molecule has 0 radical (unpaired) electrons. The first-order valence-corrected chi connectivity index (χ1v) is 7.76. The molecule has 1 fully saturated rings. The van der Waals surface area contributed by atoms with E-state index in [1.54, 1.807) is 7.05 Å². The van der Waals surface area contributed by atoms with Gasteiger partial charge in [0.2, 0.25) is 0 Å². The molecule has 1 saturated carbocycles. The standard InChI is InChI=1S/C15H30N2O2/c1-4-6-11-17(13-8-9-13)12-7-10-15(5-2,16-3)14(18)19/h13,16H,4-12H2,1-3H3,(H,18,19). The van der Waals surface area contributed by atoms with E-state index >= 15 is 0 Å². The Kier molecular flexibility index (Phi) is 6.80. The van der Waals surface area contributed by atoms with Crippen molar-refractivity contribution >= 4 is 5.97 Å². The van der Waals surface area contributed by atoms with Crippen molar-refractivity contribution < 1.29 is 9.90 Å². The summed E-state index contributed by atoms with van der Waals surface area (Å²) in [4.78, 5) is 14.0. The van der Waals surface area contributed by atoms with E-state index in [1.165, 1.54) is 32.2 Å². The number of aliphatic carboxylic acids is 1. The maximum absolute atomic E-state index is 11.4. The highest BCUT2D eigenvalue weighted by molar-refractivity contribution is 5.78. The van der Waals surface area contributed by atoms with Crippen molar-refractivity contribution in [3.8, 4) is 0 Å². The fraction of sp³-hybridized carbons (Fsp3) is 0.933. The Morgan fingerprint density at radius 3 is 2.37 bits per heavy atom. The van der Waals surface area contributed by atoms with Crippen LogP contribution in [0.4, 0.5) is 0 Å². The Labute approximate surface area is 117 Å². The van der Waals surface area contributed by atoms with Gasteiger partial charge in [-0.25, -0.2) is 0 Å². The van der Waals surface area contributed by atoms with Crippen molar-refractivity contribution in [2.24, 2.45) is 0 Å². The molecule has 0 amide bonds. The van der Waals surface area contributed by atoms with Gasteiger partial charge >= 0.3 is 5.97 Å². The molecule has 112 valence electrons. The van der Waals surface area contributed by atoms with Crippen LogP contribution in [-0.4, -0.2) is 47.7 Å². The molecule has 0 spiro atoms. The van der Waals surface area contributed by atoms with Crippen LogP contribution in [0.5, 0.6) is 0 Å². The van der Waals surface area contributed by atoms with Crippen LogP contribution in [0, 0.1) is 0 Å². The third kappa shape index (κ3) is 4.77. The van der Waals surface area contributed by atoms with E-state index in [1.807, 2.05) is 6.92 Å². The molecule has 1 atom stereocenters. The molecule has 2 N–H and O–H groups in total. The summed E-state index contributed by atoms with van der Waals surface area (Å²) in [5.74, 6) is -0.718. The topological polar surface area (TPSA) is 52.6 Å². The average molecular weight is 270 g/mol. The lowest BCUT2D eigenvalue weighted by molar-refractivity contribution is -0.145. The van der Waals surface area contributed by atoms with Crippen molar-refractivity contribution in [3.63, 3.8) is 0 Å². The Balaban J connectivity index is 2.39. The number of nitrogens with one attached hydrogen (secondary N) is 1. The number of unbranched alkanes of at least 4 members (excludes halogenated alkanes) is 1. The van der Waals surface area contributed by atoms with Crippen molar-refractivity contribution in [3.05, 3.63) is 0 Å². The molecule has 0 aromatic carbocycles. The van der Waals surface area contributed by atoms with Crippen LogP contribution in [0.3, 0.4) is 0 Å². The molecule has 1 aliphatic carbocycles. The minimum absolute atomic E-state index is 0.636. The van der Waals surface area contributed by atoms with Crippen LogP contribution in [-0.2, 0) is 4.79 Å². The van der Waals surface area contributed by atoms with E-state index in [0.29, 0.717) is 12.8 Å².